The van der Waals surface area contributed by atoms with E-state index >= 15 is 0 Å². The fourth-order valence-corrected chi connectivity index (χ4v) is 2.97. The van der Waals surface area contributed by atoms with Gasteiger partial charge in [0, 0.05) is 19.5 Å². The number of carboxylic acid groups (broad SMARTS) is 1. The highest BCUT2D eigenvalue weighted by atomic mass is 16.4. The van der Waals surface area contributed by atoms with E-state index in [4.69, 9.17) is 5.11 Å². The molecule has 1 N–H and O–H groups in total. The molecular formula is C10H15NO3. The summed E-state index contributed by atoms with van der Waals surface area (Å²) in [6, 6.07) is 0.202. The summed E-state index contributed by atoms with van der Waals surface area (Å²) in [7, 11) is 0. The molecule has 2 aliphatic rings. The molecule has 78 valence electrons. The number of piperidine rings is 1. The zero-order chi connectivity index (χ0) is 10.3. The van der Waals surface area contributed by atoms with Gasteiger partial charge in [-0.3, -0.25) is 9.59 Å². The number of carbonyl (C=O) groups excluding carboxylic acids is 1. The molecule has 2 rings (SSSR count). The number of aliphatic carboxylic acids is 1. The topological polar surface area (TPSA) is 57.6 Å². The van der Waals surface area contributed by atoms with Crippen LogP contribution in [0.4, 0.5) is 0 Å². The number of rotatable bonds is 2. The lowest BCUT2D eigenvalue weighted by Gasteiger charge is -2.31. The first kappa shape index (κ1) is 9.49. The highest BCUT2D eigenvalue weighted by Crippen LogP contribution is 2.43. The molecule has 1 amide bonds. The van der Waals surface area contributed by atoms with Gasteiger partial charge < -0.3 is 10.0 Å². The predicted octanol–water partition coefficient (Wildman–Crippen LogP) is 0.718. The maximum atomic E-state index is 11.2. The Hall–Kier alpha value is -1.06. The third kappa shape index (κ3) is 1.49. The summed E-state index contributed by atoms with van der Waals surface area (Å²) in [6.07, 6.45) is 2.21. The second kappa shape index (κ2) is 3.26. The highest BCUT2D eigenvalue weighted by Gasteiger charge is 2.46. The molecule has 1 saturated heterocycles. The SMILES string of the molecule is CC(=O)N1CC2CC(CC(=O)O)C1C2. The van der Waals surface area contributed by atoms with Crippen molar-refractivity contribution in [1.29, 1.82) is 0 Å². The van der Waals surface area contributed by atoms with Gasteiger partial charge in [-0.25, -0.2) is 0 Å². The second-order valence-corrected chi connectivity index (χ2v) is 4.43. The van der Waals surface area contributed by atoms with Crippen LogP contribution < -0.4 is 0 Å². The van der Waals surface area contributed by atoms with Gasteiger partial charge in [-0.15, -0.1) is 0 Å². The fourth-order valence-electron chi connectivity index (χ4n) is 2.97. The van der Waals surface area contributed by atoms with Crippen LogP contribution in [0.2, 0.25) is 0 Å². The number of hydrogen-bond donors (Lipinski definition) is 1. The summed E-state index contributed by atoms with van der Waals surface area (Å²) < 4.78 is 0. The maximum absolute atomic E-state index is 11.2. The quantitative estimate of drug-likeness (QED) is 0.709. The predicted molar refractivity (Wildman–Crippen MR) is 49.6 cm³/mol. The summed E-state index contributed by atoms with van der Waals surface area (Å²) in [5.41, 5.74) is 0. The lowest BCUT2D eigenvalue weighted by Crippen LogP contribution is -2.41. The van der Waals surface area contributed by atoms with Crippen LogP contribution in [-0.4, -0.2) is 34.5 Å². The summed E-state index contributed by atoms with van der Waals surface area (Å²) in [5, 5.41) is 8.72. The van der Waals surface area contributed by atoms with Crippen LogP contribution in [-0.2, 0) is 9.59 Å². The van der Waals surface area contributed by atoms with Crippen molar-refractivity contribution >= 4 is 11.9 Å². The number of nitrogens with zero attached hydrogens (tertiary/aromatic N) is 1. The molecule has 0 spiro atoms. The number of likely N-dealkylation sites (tertiary alicyclic amines) is 1. The highest BCUT2D eigenvalue weighted by molar-refractivity contribution is 5.74. The van der Waals surface area contributed by atoms with Crippen LogP contribution in [0.5, 0.6) is 0 Å². The van der Waals surface area contributed by atoms with Crippen molar-refractivity contribution in [1.82, 2.24) is 4.90 Å². The molecule has 2 fully saturated rings. The summed E-state index contributed by atoms with van der Waals surface area (Å²) in [6.45, 7) is 2.41. The molecule has 2 bridgehead atoms. The monoisotopic (exact) mass is 197 g/mol. The van der Waals surface area contributed by atoms with Crippen LogP contribution in [0.25, 0.3) is 0 Å². The zero-order valence-corrected chi connectivity index (χ0v) is 8.27. The van der Waals surface area contributed by atoms with Gasteiger partial charge >= 0.3 is 5.97 Å². The Morgan fingerprint density at radius 2 is 2.14 bits per heavy atom. The molecule has 1 aliphatic heterocycles. The summed E-state index contributed by atoms with van der Waals surface area (Å²) >= 11 is 0. The van der Waals surface area contributed by atoms with Crippen LogP contribution in [0, 0.1) is 11.8 Å². The van der Waals surface area contributed by atoms with E-state index in [1.165, 1.54) is 0 Å². The van der Waals surface area contributed by atoms with E-state index in [1.807, 2.05) is 4.90 Å². The molecule has 1 heterocycles. The molecule has 1 saturated carbocycles. The molecule has 4 heteroatoms. The number of fused-ring (bicyclic) bond motifs is 2. The zero-order valence-electron chi connectivity index (χ0n) is 8.27. The minimum Gasteiger partial charge on any atom is -0.481 e. The van der Waals surface area contributed by atoms with Gasteiger partial charge in [-0.1, -0.05) is 0 Å². The molecule has 0 aromatic carbocycles. The largest absolute Gasteiger partial charge is 0.481 e. The van der Waals surface area contributed by atoms with E-state index < -0.39 is 5.97 Å². The van der Waals surface area contributed by atoms with Crippen molar-refractivity contribution < 1.29 is 14.7 Å². The smallest absolute Gasteiger partial charge is 0.303 e. The van der Waals surface area contributed by atoms with Crippen molar-refractivity contribution in [3.05, 3.63) is 0 Å². The first-order chi connectivity index (χ1) is 6.58. The van der Waals surface area contributed by atoms with Crippen molar-refractivity contribution in [2.24, 2.45) is 11.8 Å². The lowest BCUT2D eigenvalue weighted by molar-refractivity contribution is -0.140. The van der Waals surface area contributed by atoms with E-state index in [9.17, 15) is 9.59 Å². The third-order valence-corrected chi connectivity index (χ3v) is 3.45. The minimum absolute atomic E-state index is 0.0904. The van der Waals surface area contributed by atoms with Crippen molar-refractivity contribution in [3.63, 3.8) is 0 Å². The van der Waals surface area contributed by atoms with Gasteiger partial charge in [-0.2, -0.15) is 0 Å². The molecule has 3 atom stereocenters. The van der Waals surface area contributed by atoms with Crippen molar-refractivity contribution in [2.45, 2.75) is 32.2 Å². The normalized spacial score (nSPS) is 34.9. The van der Waals surface area contributed by atoms with E-state index in [-0.39, 0.29) is 24.3 Å². The van der Waals surface area contributed by atoms with Crippen molar-refractivity contribution in [3.8, 4) is 0 Å². The number of hydrogen-bond acceptors (Lipinski definition) is 2. The van der Waals surface area contributed by atoms with E-state index in [0.717, 1.165) is 19.4 Å². The fraction of sp³-hybridized carbons (Fsp3) is 0.800. The molecular weight excluding hydrogens is 182 g/mol. The van der Waals surface area contributed by atoms with Gasteiger partial charge in [-0.05, 0) is 24.7 Å². The molecule has 14 heavy (non-hydrogen) atoms. The average Bonchev–Trinajstić information content (AvgIpc) is 2.60. The molecule has 1 aliphatic carbocycles. The third-order valence-electron chi connectivity index (χ3n) is 3.45. The maximum Gasteiger partial charge on any atom is 0.303 e. The van der Waals surface area contributed by atoms with Crippen LogP contribution in [0.1, 0.15) is 26.2 Å². The summed E-state index contributed by atoms with van der Waals surface area (Å²) in [5.74, 6) is 0.0852. The Morgan fingerprint density at radius 1 is 1.43 bits per heavy atom. The van der Waals surface area contributed by atoms with Gasteiger partial charge in [0.15, 0.2) is 0 Å². The lowest BCUT2D eigenvalue weighted by atomic mass is 9.95. The van der Waals surface area contributed by atoms with Gasteiger partial charge in [0.2, 0.25) is 5.91 Å². The van der Waals surface area contributed by atoms with Crippen LogP contribution >= 0.6 is 0 Å². The van der Waals surface area contributed by atoms with Gasteiger partial charge in [0.05, 0.1) is 6.42 Å². The van der Waals surface area contributed by atoms with Crippen LogP contribution in [0.3, 0.4) is 0 Å². The van der Waals surface area contributed by atoms with Crippen molar-refractivity contribution in [2.75, 3.05) is 6.54 Å². The average molecular weight is 197 g/mol. The first-order valence-corrected chi connectivity index (χ1v) is 5.07. The Kier molecular flexibility index (Phi) is 2.21. The molecule has 0 aromatic heterocycles. The Morgan fingerprint density at radius 3 is 2.64 bits per heavy atom. The van der Waals surface area contributed by atoms with E-state index in [0.29, 0.717) is 5.92 Å². The molecule has 4 nitrogen and oxygen atoms in total. The summed E-state index contributed by atoms with van der Waals surface area (Å²) in [4.78, 5) is 23.7. The Bertz CT molecular complexity index is 275. The number of amides is 1. The van der Waals surface area contributed by atoms with E-state index in [1.54, 1.807) is 6.92 Å². The first-order valence-electron chi connectivity index (χ1n) is 5.07. The second-order valence-electron chi connectivity index (χ2n) is 4.43. The molecule has 0 radical (unpaired) electrons. The Balaban J connectivity index is 2.04. The molecule has 3 unspecified atom stereocenters. The van der Waals surface area contributed by atoms with Gasteiger partial charge in [0.25, 0.3) is 0 Å². The van der Waals surface area contributed by atoms with E-state index in [2.05, 4.69) is 0 Å². The van der Waals surface area contributed by atoms with Crippen LogP contribution in [0.15, 0.2) is 0 Å². The number of carboxylic acids is 1. The standard InChI is InChI=1S/C10H15NO3/c1-6(12)11-5-7-2-8(4-10(13)14)9(11)3-7/h7-9H,2-5H2,1H3,(H,13,14). The number of carbonyl (C=O) groups is 2. The Labute approximate surface area is 82.9 Å². The molecule has 0 aromatic rings. The van der Waals surface area contributed by atoms with Gasteiger partial charge in [0.1, 0.15) is 0 Å². The minimum atomic E-state index is -0.744.